The molecular weight excluding hydrogens is 352 g/mol. The normalized spacial score (nSPS) is 17.2. The Morgan fingerprint density at radius 1 is 1.41 bits per heavy atom. The summed E-state index contributed by atoms with van der Waals surface area (Å²) in [6.45, 7) is 1.23. The minimum Gasteiger partial charge on any atom is -0.393 e. The Bertz CT molecular complexity index is 431. The Morgan fingerprint density at radius 2 is 2.06 bits per heavy atom. The Morgan fingerprint density at radius 3 is 2.71 bits per heavy atom. The summed E-state index contributed by atoms with van der Waals surface area (Å²) in [5.74, 6) is 0.00352. The predicted octanol–water partition coefficient (Wildman–Crippen LogP) is 2.54. The van der Waals surface area contributed by atoms with Crippen LogP contribution in [0.4, 0.5) is 0 Å². The third-order valence-corrected chi connectivity index (χ3v) is 4.09. The first-order valence-electron chi connectivity index (χ1n) is 5.50. The van der Waals surface area contributed by atoms with Crippen LogP contribution in [-0.4, -0.2) is 35.1 Å². The first-order valence-corrected chi connectivity index (χ1v) is 6.96. The molecule has 0 atom stereocenters. The second-order valence-electron chi connectivity index (χ2n) is 4.15. The van der Waals surface area contributed by atoms with E-state index in [1.807, 2.05) is 6.07 Å². The third kappa shape index (κ3) is 3.11. The summed E-state index contributed by atoms with van der Waals surface area (Å²) in [7, 11) is 0. The summed E-state index contributed by atoms with van der Waals surface area (Å²) in [5, 5.41) is 9.99. The molecule has 0 bridgehead atoms. The summed E-state index contributed by atoms with van der Waals surface area (Å²) in [5.41, 5.74) is 0.648. The molecule has 0 unspecified atom stereocenters. The maximum Gasteiger partial charge on any atom is 0.254 e. The number of rotatable bonds is 1. The molecule has 0 aromatic heterocycles. The number of halogens is 2. The van der Waals surface area contributed by atoms with Crippen molar-refractivity contribution in [1.82, 2.24) is 4.90 Å². The molecule has 1 N–H and O–H groups in total. The highest BCUT2D eigenvalue weighted by atomic mass is 127. The fourth-order valence-electron chi connectivity index (χ4n) is 1.90. The van der Waals surface area contributed by atoms with Crippen molar-refractivity contribution >= 4 is 40.1 Å². The molecule has 17 heavy (non-hydrogen) atoms. The van der Waals surface area contributed by atoms with Gasteiger partial charge in [-0.05, 0) is 53.6 Å². The monoisotopic (exact) mass is 365 g/mol. The summed E-state index contributed by atoms with van der Waals surface area (Å²) < 4.78 is 0.906. The lowest BCUT2D eigenvalue weighted by atomic mass is 10.1. The lowest BCUT2D eigenvalue weighted by Crippen LogP contribution is -2.40. The van der Waals surface area contributed by atoms with E-state index in [1.165, 1.54) is 0 Å². The average molecular weight is 366 g/mol. The minimum absolute atomic E-state index is 0.00352. The lowest BCUT2D eigenvalue weighted by Gasteiger charge is -2.29. The van der Waals surface area contributed by atoms with Crippen molar-refractivity contribution in [3.8, 4) is 0 Å². The van der Waals surface area contributed by atoms with Gasteiger partial charge in [0, 0.05) is 21.7 Å². The van der Waals surface area contributed by atoms with Gasteiger partial charge in [-0.2, -0.15) is 0 Å². The number of benzene rings is 1. The molecular formula is C12H13ClINO2. The molecule has 1 aromatic rings. The van der Waals surface area contributed by atoms with Crippen LogP contribution >= 0.6 is 34.2 Å². The van der Waals surface area contributed by atoms with Gasteiger partial charge in [0.15, 0.2) is 0 Å². The number of carbonyl (C=O) groups excluding carboxylic acids is 1. The molecule has 1 aromatic carbocycles. The van der Waals surface area contributed by atoms with Gasteiger partial charge in [-0.25, -0.2) is 0 Å². The van der Waals surface area contributed by atoms with Crippen LogP contribution in [0.2, 0.25) is 5.02 Å². The number of aliphatic hydroxyl groups excluding tert-OH is 1. The number of aliphatic hydroxyl groups is 1. The highest BCUT2D eigenvalue weighted by Gasteiger charge is 2.23. The van der Waals surface area contributed by atoms with Gasteiger partial charge in [-0.3, -0.25) is 4.79 Å². The van der Waals surface area contributed by atoms with E-state index in [0.29, 0.717) is 36.5 Å². The van der Waals surface area contributed by atoms with Crippen LogP contribution in [0, 0.1) is 3.57 Å². The van der Waals surface area contributed by atoms with E-state index in [9.17, 15) is 9.90 Å². The fourth-order valence-corrected chi connectivity index (χ4v) is 2.64. The van der Waals surface area contributed by atoms with Gasteiger partial charge in [-0.1, -0.05) is 11.6 Å². The van der Waals surface area contributed by atoms with E-state index in [4.69, 9.17) is 11.6 Å². The van der Waals surface area contributed by atoms with E-state index in [-0.39, 0.29) is 12.0 Å². The molecule has 1 amide bonds. The average Bonchev–Trinajstić information content (AvgIpc) is 2.32. The lowest BCUT2D eigenvalue weighted by molar-refractivity contribution is 0.0545. The molecule has 92 valence electrons. The minimum atomic E-state index is -0.266. The number of piperidine rings is 1. The van der Waals surface area contributed by atoms with Gasteiger partial charge < -0.3 is 10.0 Å². The van der Waals surface area contributed by atoms with Crippen LogP contribution in [0.15, 0.2) is 18.2 Å². The first kappa shape index (κ1) is 13.1. The Labute approximate surface area is 119 Å². The van der Waals surface area contributed by atoms with Crippen molar-refractivity contribution in [1.29, 1.82) is 0 Å². The van der Waals surface area contributed by atoms with E-state index < -0.39 is 0 Å². The van der Waals surface area contributed by atoms with Crippen molar-refractivity contribution in [2.24, 2.45) is 0 Å². The fraction of sp³-hybridized carbons (Fsp3) is 0.417. The second kappa shape index (κ2) is 5.54. The largest absolute Gasteiger partial charge is 0.393 e. The van der Waals surface area contributed by atoms with E-state index in [2.05, 4.69) is 22.6 Å². The summed E-state index contributed by atoms with van der Waals surface area (Å²) in [6.07, 6.45) is 1.05. The van der Waals surface area contributed by atoms with Crippen LogP contribution < -0.4 is 0 Å². The standard InChI is InChI=1S/C12H13ClINO2/c13-8-1-2-11(14)10(7-8)12(17)15-5-3-9(16)4-6-15/h1-2,7,9,16H,3-6H2. The quantitative estimate of drug-likeness (QED) is 0.777. The molecule has 5 heteroatoms. The molecule has 0 radical (unpaired) electrons. The van der Waals surface area contributed by atoms with Crippen LogP contribution in [-0.2, 0) is 0 Å². The second-order valence-corrected chi connectivity index (χ2v) is 5.75. The van der Waals surface area contributed by atoms with Crippen molar-refractivity contribution in [3.63, 3.8) is 0 Å². The maximum absolute atomic E-state index is 12.3. The zero-order valence-corrected chi connectivity index (χ0v) is 12.1. The number of nitrogens with zero attached hydrogens (tertiary/aromatic N) is 1. The van der Waals surface area contributed by atoms with Gasteiger partial charge in [0.05, 0.1) is 11.7 Å². The van der Waals surface area contributed by atoms with Gasteiger partial charge in [-0.15, -0.1) is 0 Å². The molecule has 1 aliphatic rings. The molecule has 0 saturated carbocycles. The van der Waals surface area contributed by atoms with Crippen molar-refractivity contribution in [3.05, 3.63) is 32.4 Å². The first-order chi connectivity index (χ1) is 8.08. The topological polar surface area (TPSA) is 40.5 Å². The van der Waals surface area contributed by atoms with Crippen molar-refractivity contribution in [2.75, 3.05) is 13.1 Å². The smallest absolute Gasteiger partial charge is 0.254 e. The van der Waals surface area contributed by atoms with Crippen LogP contribution in [0.25, 0.3) is 0 Å². The molecule has 1 fully saturated rings. The third-order valence-electron chi connectivity index (χ3n) is 2.91. The van der Waals surface area contributed by atoms with Crippen molar-refractivity contribution < 1.29 is 9.90 Å². The zero-order valence-electron chi connectivity index (χ0n) is 9.20. The molecule has 1 aliphatic heterocycles. The van der Waals surface area contributed by atoms with Crippen LogP contribution in [0.3, 0.4) is 0 Å². The predicted molar refractivity (Wildman–Crippen MR) is 75.3 cm³/mol. The maximum atomic E-state index is 12.3. The number of hydrogen-bond acceptors (Lipinski definition) is 2. The highest BCUT2D eigenvalue weighted by Crippen LogP contribution is 2.21. The number of hydrogen-bond donors (Lipinski definition) is 1. The van der Waals surface area contributed by atoms with E-state index in [0.717, 1.165) is 3.57 Å². The zero-order chi connectivity index (χ0) is 12.4. The van der Waals surface area contributed by atoms with E-state index in [1.54, 1.807) is 17.0 Å². The van der Waals surface area contributed by atoms with Gasteiger partial charge in [0.1, 0.15) is 0 Å². The summed E-state index contributed by atoms with van der Waals surface area (Å²) in [6, 6.07) is 5.33. The molecule has 3 nitrogen and oxygen atoms in total. The van der Waals surface area contributed by atoms with Crippen LogP contribution in [0.5, 0.6) is 0 Å². The summed E-state index contributed by atoms with van der Waals surface area (Å²) >= 11 is 8.05. The van der Waals surface area contributed by atoms with E-state index >= 15 is 0 Å². The Kier molecular flexibility index (Phi) is 4.27. The Balaban J connectivity index is 2.16. The van der Waals surface area contributed by atoms with Gasteiger partial charge >= 0.3 is 0 Å². The summed E-state index contributed by atoms with van der Waals surface area (Å²) in [4.78, 5) is 14.0. The SMILES string of the molecule is O=C(c1cc(Cl)ccc1I)N1CCC(O)CC1. The molecule has 0 spiro atoms. The number of amides is 1. The Hall–Kier alpha value is -0.330. The van der Waals surface area contributed by atoms with Gasteiger partial charge in [0.2, 0.25) is 0 Å². The number of carbonyl (C=O) groups is 1. The molecule has 0 aliphatic carbocycles. The van der Waals surface area contributed by atoms with Crippen molar-refractivity contribution in [2.45, 2.75) is 18.9 Å². The van der Waals surface area contributed by atoms with Crippen LogP contribution in [0.1, 0.15) is 23.2 Å². The number of likely N-dealkylation sites (tertiary alicyclic amines) is 1. The molecule has 1 heterocycles. The molecule has 1 saturated heterocycles. The highest BCUT2D eigenvalue weighted by molar-refractivity contribution is 14.1. The molecule has 2 rings (SSSR count). The van der Waals surface area contributed by atoms with Gasteiger partial charge in [0.25, 0.3) is 5.91 Å².